The molecule has 1 aromatic carbocycles. The Bertz CT molecular complexity index is 870. The van der Waals surface area contributed by atoms with E-state index in [2.05, 4.69) is 27.9 Å². The maximum atomic E-state index is 12.5. The number of benzene rings is 1. The summed E-state index contributed by atoms with van der Waals surface area (Å²) in [5.41, 5.74) is 2.99. The first kappa shape index (κ1) is 22.3. The summed E-state index contributed by atoms with van der Waals surface area (Å²) in [6.45, 7) is 8.17. The number of aromatic nitrogens is 1. The number of rotatable bonds is 7. The van der Waals surface area contributed by atoms with E-state index in [1.165, 1.54) is 11.3 Å². The molecule has 1 aliphatic rings. The number of hydrogen-bond donors (Lipinski definition) is 3. The number of nitrogens with one attached hydrogen (secondary N) is 3. The predicted molar refractivity (Wildman–Crippen MR) is 125 cm³/mol. The van der Waals surface area contributed by atoms with Crippen molar-refractivity contribution in [2.45, 2.75) is 66.0 Å². The van der Waals surface area contributed by atoms with Crippen molar-refractivity contribution in [2.24, 2.45) is 10.9 Å². The SMILES string of the molecule is CCNC(=NCc1cccc(NC(=O)C2CCCCC2)c1)NCc1sc(C)nc1C. The Hall–Kier alpha value is -2.41. The van der Waals surface area contributed by atoms with Crippen LogP contribution in [0.5, 0.6) is 0 Å². The average Bonchev–Trinajstić information content (AvgIpc) is 3.08. The average molecular weight is 428 g/mol. The fourth-order valence-corrected chi connectivity index (χ4v) is 4.65. The molecule has 1 amide bonds. The molecule has 0 atom stereocenters. The first-order chi connectivity index (χ1) is 14.5. The van der Waals surface area contributed by atoms with Crippen LogP contribution in [0.3, 0.4) is 0 Å². The number of guanidine groups is 1. The topological polar surface area (TPSA) is 78.4 Å². The minimum atomic E-state index is 0.153. The zero-order valence-corrected chi connectivity index (χ0v) is 19.1. The third-order valence-corrected chi connectivity index (χ3v) is 6.42. The Morgan fingerprint density at radius 1 is 1.20 bits per heavy atom. The first-order valence-electron chi connectivity index (χ1n) is 10.9. The van der Waals surface area contributed by atoms with Crippen molar-refractivity contribution >= 4 is 28.9 Å². The smallest absolute Gasteiger partial charge is 0.227 e. The molecule has 1 fully saturated rings. The van der Waals surface area contributed by atoms with Crippen LogP contribution in [0.15, 0.2) is 29.3 Å². The number of aryl methyl sites for hydroxylation is 2. The summed E-state index contributed by atoms with van der Waals surface area (Å²) in [4.78, 5) is 22.9. The predicted octanol–water partition coefficient (Wildman–Crippen LogP) is 4.53. The molecule has 0 saturated heterocycles. The van der Waals surface area contributed by atoms with E-state index in [4.69, 9.17) is 4.99 Å². The molecular weight excluding hydrogens is 394 g/mol. The maximum absolute atomic E-state index is 12.5. The van der Waals surface area contributed by atoms with Crippen LogP contribution in [0.2, 0.25) is 0 Å². The van der Waals surface area contributed by atoms with Crippen molar-refractivity contribution in [3.63, 3.8) is 0 Å². The van der Waals surface area contributed by atoms with Crippen LogP contribution in [0.1, 0.15) is 60.2 Å². The minimum absolute atomic E-state index is 0.153. The van der Waals surface area contributed by atoms with Gasteiger partial charge in [0.15, 0.2) is 5.96 Å². The molecule has 1 heterocycles. The summed E-state index contributed by atoms with van der Waals surface area (Å²) in [6, 6.07) is 7.99. The molecule has 0 bridgehead atoms. The van der Waals surface area contributed by atoms with Crippen molar-refractivity contribution in [1.82, 2.24) is 15.6 Å². The van der Waals surface area contributed by atoms with Gasteiger partial charge in [-0.1, -0.05) is 31.4 Å². The normalized spacial score (nSPS) is 15.1. The van der Waals surface area contributed by atoms with Crippen molar-refractivity contribution in [1.29, 1.82) is 0 Å². The summed E-state index contributed by atoms with van der Waals surface area (Å²) in [6.07, 6.45) is 5.58. The van der Waals surface area contributed by atoms with Crippen LogP contribution in [0.4, 0.5) is 5.69 Å². The molecule has 0 aliphatic heterocycles. The van der Waals surface area contributed by atoms with Gasteiger partial charge in [-0.2, -0.15) is 0 Å². The standard InChI is InChI=1S/C23H33N5OS/c1-4-24-23(26-15-21-16(2)27-17(3)30-21)25-14-18-9-8-12-20(13-18)28-22(29)19-10-6-5-7-11-19/h8-9,12-13,19H,4-7,10-11,14-15H2,1-3H3,(H,28,29)(H2,24,25,26). The number of thiazole rings is 1. The van der Waals surface area contributed by atoms with Crippen molar-refractivity contribution in [3.05, 3.63) is 45.4 Å². The summed E-state index contributed by atoms with van der Waals surface area (Å²) in [5, 5.41) is 10.9. The molecule has 2 aromatic rings. The van der Waals surface area contributed by atoms with Gasteiger partial charge in [-0.15, -0.1) is 11.3 Å². The van der Waals surface area contributed by atoms with E-state index in [9.17, 15) is 4.79 Å². The fraction of sp³-hybridized carbons (Fsp3) is 0.522. The van der Waals surface area contributed by atoms with E-state index >= 15 is 0 Å². The molecule has 0 unspecified atom stereocenters. The van der Waals surface area contributed by atoms with Gasteiger partial charge in [0.2, 0.25) is 5.91 Å². The van der Waals surface area contributed by atoms with E-state index in [1.807, 2.05) is 38.1 Å². The number of aliphatic imine (C=N–C) groups is 1. The van der Waals surface area contributed by atoms with Gasteiger partial charge in [-0.3, -0.25) is 4.79 Å². The molecular formula is C23H33N5OS. The van der Waals surface area contributed by atoms with Crippen LogP contribution in [0, 0.1) is 19.8 Å². The Morgan fingerprint density at radius 2 is 2.00 bits per heavy atom. The number of nitrogens with zero attached hydrogens (tertiary/aromatic N) is 2. The number of amides is 1. The largest absolute Gasteiger partial charge is 0.357 e. The van der Waals surface area contributed by atoms with E-state index < -0.39 is 0 Å². The highest BCUT2D eigenvalue weighted by Crippen LogP contribution is 2.25. The van der Waals surface area contributed by atoms with Crippen LogP contribution in [-0.4, -0.2) is 23.4 Å². The highest BCUT2D eigenvalue weighted by Gasteiger charge is 2.21. The number of hydrogen-bond acceptors (Lipinski definition) is 4. The lowest BCUT2D eigenvalue weighted by Gasteiger charge is -2.20. The summed E-state index contributed by atoms with van der Waals surface area (Å²) in [5.74, 6) is 1.09. The van der Waals surface area contributed by atoms with Gasteiger partial charge in [0, 0.05) is 23.0 Å². The Labute approximate surface area is 183 Å². The molecule has 1 aromatic heterocycles. The molecule has 1 saturated carbocycles. The van der Waals surface area contributed by atoms with Gasteiger partial charge in [-0.25, -0.2) is 9.98 Å². The second-order valence-electron chi connectivity index (χ2n) is 7.81. The molecule has 6 nitrogen and oxygen atoms in total. The maximum Gasteiger partial charge on any atom is 0.227 e. The van der Waals surface area contributed by atoms with Crippen molar-refractivity contribution in [2.75, 3.05) is 11.9 Å². The van der Waals surface area contributed by atoms with Crippen LogP contribution < -0.4 is 16.0 Å². The molecule has 3 N–H and O–H groups in total. The minimum Gasteiger partial charge on any atom is -0.357 e. The quantitative estimate of drug-likeness (QED) is 0.448. The van der Waals surface area contributed by atoms with Crippen LogP contribution in [-0.2, 0) is 17.9 Å². The molecule has 1 aliphatic carbocycles. The molecule has 0 spiro atoms. The van der Waals surface area contributed by atoms with Gasteiger partial charge in [0.25, 0.3) is 0 Å². The van der Waals surface area contributed by atoms with Gasteiger partial charge in [-0.05, 0) is 51.3 Å². The second-order valence-corrected chi connectivity index (χ2v) is 9.10. The Morgan fingerprint density at radius 3 is 2.70 bits per heavy atom. The zero-order valence-electron chi connectivity index (χ0n) is 18.3. The van der Waals surface area contributed by atoms with E-state index in [-0.39, 0.29) is 11.8 Å². The van der Waals surface area contributed by atoms with E-state index in [0.29, 0.717) is 13.1 Å². The van der Waals surface area contributed by atoms with Crippen LogP contribution in [0.25, 0.3) is 0 Å². The lowest BCUT2D eigenvalue weighted by Crippen LogP contribution is -2.36. The Balaban J connectivity index is 1.58. The number of anilines is 1. The fourth-order valence-electron chi connectivity index (χ4n) is 3.77. The Kier molecular flexibility index (Phi) is 8.25. The number of carbonyl (C=O) groups is 1. The summed E-state index contributed by atoms with van der Waals surface area (Å²) >= 11 is 1.71. The van der Waals surface area contributed by atoms with Crippen molar-refractivity contribution in [3.8, 4) is 0 Å². The summed E-state index contributed by atoms with van der Waals surface area (Å²) < 4.78 is 0. The monoisotopic (exact) mass is 427 g/mol. The van der Waals surface area contributed by atoms with Crippen molar-refractivity contribution < 1.29 is 4.79 Å². The summed E-state index contributed by atoms with van der Waals surface area (Å²) in [7, 11) is 0. The highest BCUT2D eigenvalue weighted by molar-refractivity contribution is 7.11. The molecule has 3 rings (SSSR count). The third-order valence-electron chi connectivity index (χ3n) is 5.35. The third kappa shape index (κ3) is 6.55. The molecule has 0 radical (unpaired) electrons. The second kappa shape index (κ2) is 11.1. The molecule has 162 valence electrons. The van der Waals surface area contributed by atoms with Crippen LogP contribution >= 0.6 is 11.3 Å². The lowest BCUT2D eigenvalue weighted by molar-refractivity contribution is -0.120. The highest BCUT2D eigenvalue weighted by atomic mass is 32.1. The van der Waals surface area contributed by atoms with Gasteiger partial charge < -0.3 is 16.0 Å². The zero-order chi connectivity index (χ0) is 21.3. The molecule has 30 heavy (non-hydrogen) atoms. The number of carbonyl (C=O) groups excluding carboxylic acids is 1. The van der Waals surface area contributed by atoms with Gasteiger partial charge in [0.05, 0.1) is 23.8 Å². The van der Waals surface area contributed by atoms with Gasteiger partial charge in [0.1, 0.15) is 0 Å². The van der Waals surface area contributed by atoms with E-state index in [0.717, 1.165) is 60.1 Å². The van der Waals surface area contributed by atoms with Gasteiger partial charge >= 0.3 is 0 Å². The first-order valence-corrected chi connectivity index (χ1v) is 11.7. The molecule has 7 heteroatoms. The van der Waals surface area contributed by atoms with E-state index in [1.54, 1.807) is 11.3 Å². The lowest BCUT2D eigenvalue weighted by atomic mass is 9.88.